The lowest BCUT2D eigenvalue weighted by Gasteiger charge is -2.12. The molecule has 1 unspecified atom stereocenters. The van der Waals surface area contributed by atoms with Crippen LogP contribution < -0.4 is 0 Å². The monoisotopic (exact) mass is 138 g/mol. The van der Waals surface area contributed by atoms with Gasteiger partial charge >= 0.3 is 0 Å². The van der Waals surface area contributed by atoms with E-state index in [9.17, 15) is 0 Å². The molecule has 0 N–H and O–H groups in total. The summed E-state index contributed by atoms with van der Waals surface area (Å²) in [5.74, 6) is 0. The molecule has 1 saturated carbocycles. The van der Waals surface area contributed by atoms with E-state index < -0.39 is 0 Å². The van der Waals surface area contributed by atoms with E-state index in [0.29, 0.717) is 6.10 Å². The van der Waals surface area contributed by atoms with Gasteiger partial charge in [-0.3, -0.25) is 0 Å². The number of allylic oxidation sites excluding steroid dienone is 1. The summed E-state index contributed by atoms with van der Waals surface area (Å²) < 4.78 is 5.13. The molecule has 0 amide bonds. The number of hydrogen-bond donors (Lipinski definition) is 0. The average molecular weight is 138 g/mol. The smallest absolute Gasteiger partial charge is 0.0993 e. The molecule has 2 rings (SSSR count). The Morgan fingerprint density at radius 2 is 1.90 bits per heavy atom. The summed E-state index contributed by atoms with van der Waals surface area (Å²) in [6.07, 6.45) is 9.74. The van der Waals surface area contributed by atoms with E-state index in [2.05, 4.69) is 6.08 Å². The molecule has 1 aliphatic carbocycles. The van der Waals surface area contributed by atoms with Crippen molar-refractivity contribution in [3.63, 3.8) is 0 Å². The zero-order valence-corrected chi connectivity index (χ0v) is 6.31. The molecule has 2 fully saturated rings. The van der Waals surface area contributed by atoms with Crippen LogP contribution in [0.4, 0.5) is 0 Å². The third kappa shape index (κ3) is 1.60. The van der Waals surface area contributed by atoms with Gasteiger partial charge in [0.1, 0.15) is 0 Å². The van der Waals surface area contributed by atoms with Crippen LogP contribution in [0.5, 0.6) is 0 Å². The van der Waals surface area contributed by atoms with Crippen LogP contribution in [-0.2, 0) is 4.74 Å². The fourth-order valence-electron chi connectivity index (χ4n) is 1.59. The Balaban J connectivity index is 1.88. The second-order valence-electron chi connectivity index (χ2n) is 3.26. The van der Waals surface area contributed by atoms with Crippen LogP contribution >= 0.6 is 0 Å². The molecule has 1 saturated heterocycles. The Hall–Kier alpha value is -0.300. The summed E-state index contributed by atoms with van der Waals surface area (Å²) in [7, 11) is 0. The molecule has 1 nitrogen and oxygen atoms in total. The largest absolute Gasteiger partial charge is 0.369 e. The van der Waals surface area contributed by atoms with Gasteiger partial charge in [0.25, 0.3) is 0 Å². The molecule has 1 heterocycles. The molecule has 1 heteroatoms. The number of ether oxygens (including phenoxy) is 1. The Bertz CT molecular complexity index is 137. The summed E-state index contributed by atoms with van der Waals surface area (Å²) >= 11 is 0. The summed E-state index contributed by atoms with van der Waals surface area (Å²) in [6.45, 7) is 0.976. The fraction of sp³-hybridized carbons (Fsp3) is 0.778. The van der Waals surface area contributed by atoms with E-state index in [0.717, 1.165) is 6.61 Å². The van der Waals surface area contributed by atoms with Crippen LogP contribution in [0.2, 0.25) is 0 Å². The molecule has 1 aliphatic heterocycles. The second kappa shape index (κ2) is 2.75. The van der Waals surface area contributed by atoms with Crippen LogP contribution in [0.25, 0.3) is 0 Å². The Kier molecular flexibility index (Phi) is 1.76. The van der Waals surface area contributed by atoms with Gasteiger partial charge in [-0.25, -0.2) is 0 Å². The van der Waals surface area contributed by atoms with Crippen molar-refractivity contribution in [1.82, 2.24) is 0 Å². The second-order valence-corrected chi connectivity index (χ2v) is 3.26. The Morgan fingerprint density at radius 1 is 1.20 bits per heavy atom. The van der Waals surface area contributed by atoms with E-state index >= 15 is 0 Å². The first-order valence-corrected chi connectivity index (χ1v) is 4.26. The first kappa shape index (κ1) is 6.41. The molecule has 0 aromatic rings. The highest BCUT2D eigenvalue weighted by atomic mass is 16.6. The van der Waals surface area contributed by atoms with E-state index in [1.54, 1.807) is 5.57 Å². The molecule has 0 aromatic carbocycles. The van der Waals surface area contributed by atoms with Gasteiger partial charge in [0.15, 0.2) is 0 Å². The van der Waals surface area contributed by atoms with E-state index in [4.69, 9.17) is 4.74 Å². The molecule has 2 aliphatic rings. The van der Waals surface area contributed by atoms with Crippen molar-refractivity contribution in [2.75, 3.05) is 6.61 Å². The predicted molar refractivity (Wildman–Crippen MR) is 40.9 cm³/mol. The summed E-state index contributed by atoms with van der Waals surface area (Å²) in [4.78, 5) is 0. The summed E-state index contributed by atoms with van der Waals surface area (Å²) in [5.41, 5.74) is 1.65. The van der Waals surface area contributed by atoms with Gasteiger partial charge in [-0.2, -0.15) is 0 Å². The van der Waals surface area contributed by atoms with Gasteiger partial charge in [0, 0.05) is 0 Å². The number of hydrogen-bond acceptors (Lipinski definition) is 1. The van der Waals surface area contributed by atoms with Crippen LogP contribution in [0.1, 0.15) is 32.1 Å². The maximum atomic E-state index is 5.13. The molecule has 0 bridgehead atoms. The van der Waals surface area contributed by atoms with Crippen molar-refractivity contribution >= 4 is 0 Å². The van der Waals surface area contributed by atoms with Crippen molar-refractivity contribution in [2.24, 2.45) is 0 Å². The first-order chi connectivity index (χ1) is 4.95. The van der Waals surface area contributed by atoms with Crippen molar-refractivity contribution in [3.05, 3.63) is 11.6 Å². The van der Waals surface area contributed by atoms with Crippen LogP contribution in [0.15, 0.2) is 11.6 Å². The third-order valence-electron chi connectivity index (χ3n) is 2.28. The molecule has 56 valence electrons. The third-order valence-corrected chi connectivity index (χ3v) is 2.28. The van der Waals surface area contributed by atoms with Crippen LogP contribution in [0, 0.1) is 0 Å². The quantitative estimate of drug-likeness (QED) is 0.400. The van der Waals surface area contributed by atoms with E-state index in [1.807, 2.05) is 0 Å². The average Bonchev–Trinajstić information content (AvgIpc) is 2.74. The van der Waals surface area contributed by atoms with E-state index in [1.165, 1.54) is 32.1 Å². The van der Waals surface area contributed by atoms with E-state index in [-0.39, 0.29) is 0 Å². The zero-order valence-electron chi connectivity index (χ0n) is 6.31. The molecule has 0 radical (unpaired) electrons. The van der Waals surface area contributed by atoms with Crippen molar-refractivity contribution in [1.29, 1.82) is 0 Å². The topological polar surface area (TPSA) is 12.5 Å². The molecular formula is C9H14O. The summed E-state index contributed by atoms with van der Waals surface area (Å²) in [6, 6.07) is 0. The number of epoxide rings is 1. The normalized spacial score (nSPS) is 32.0. The maximum absolute atomic E-state index is 5.13. The number of rotatable bonds is 1. The lowest BCUT2D eigenvalue weighted by molar-refractivity contribution is 0.437. The Morgan fingerprint density at radius 3 is 2.50 bits per heavy atom. The lowest BCUT2D eigenvalue weighted by atomic mass is 9.94. The zero-order chi connectivity index (χ0) is 6.81. The van der Waals surface area contributed by atoms with Crippen molar-refractivity contribution in [3.8, 4) is 0 Å². The van der Waals surface area contributed by atoms with Gasteiger partial charge in [-0.1, -0.05) is 18.1 Å². The van der Waals surface area contributed by atoms with Gasteiger partial charge in [0.05, 0.1) is 12.7 Å². The molecule has 10 heavy (non-hydrogen) atoms. The van der Waals surface area contributed by atoms with Gasteiger partial charge in [-0.05, 0) is 25.7 Å². The highest BCUT2D eigenvalue weighted by molar-refractivity contribution is 5.09. The molecule has 0 aromatic heterocycles. The standard InChI is InChI=1S/C9H14O/c1-2-4-8(5-3-1)6-9-7-10-9/h6,9H,1-5,7H2. The fourth-order valence-corrected chi connectivity index (χ4v) is 1.59. The van der Waals surface area contributed by atoms with Gasteiger partial charge in [0.2, 0.25) is 0 Å². The van der Waals surface area contributed by atoms with Crippen LogP contribution in [-0.4, -0.2) is 12.7 Å². The predicted octanol–water partition coefficient (Wildman–Crippen LogP) is 2.28. The Labute approximate surface area is 62.1 Å². The van der Waals surface area contributed by atoms with Gasteiger partial charge in [-0.15, -0.1) is 0 Å². The molecule has 0 spiro atoms. The maximum Gasteiger partial charge on any atom is 0.0993 e. The SMILES string of the molecule is C(=C1CCCCC1)C1CO1. The van der Waals surface area contributed by atoms with Crippen molar-refractivity contribution in [2.45, 2.75) is 38.2 Å². The van der Waals surface area contributed by atoms with Gasteiger partial charge < -0.3 is 4.74 Å². The minimum Gasteiger partial charge on any atom is -0.369 e. The molecular weight excluding hydrogens is 124 g/mol. The highest BCUT2D eigenvalue weighted by Gasteiger charge is 2.20. The van der Waals surface area contributed by atoms with Crippen LogP contribution in [0.3, 0.4) is 0 Å². The minimum atomic E-state index is 0.507. The lowest BCUT2D eigenvalue weighted by Crippen LogP contribution is -1.94. The highest BCUT2D eigenvalue weighted by Crippen LogP contribution is 2.25. The minimum absolute atomic E-state index is 0.507. The summed E-state index contributed by atoms with van der Waals surface area (Å²) in [5, 5.41) is 0. The molecule has 1 atom stereocenters. The first-order valence-electron chi connectivity index (χ1n) is 4.26. The van der Waals surface area contributed by atoms with Crippen molar-refractivity contribution < 1.29 is 4.74 Å².